The lowest BCUT2D eigenvalue weighted by molar-refractivity contribution is 0.0696. The molecule has 0 saturated carbocycles. The Morgan fingerprint density at radius 1 is 1.00 bits per heavy atom. The number of halogens is 2. The molecule has 0 atom stereocenters. The summed E-state index contributed by atoms with van der Waals surface area (Å²) in [5.74, 6) is -1.55. The van der Waals surface area contributed by atoms with Crippen molar-refractivity contribution in [1.29, 1.82) is 0 Å². The fourth-order valence-electron chi connectivity index (χ4n) is 1.59. The molecule has 0 radical (unpaired) electrons. The van der Waals surface area contributed by atoms with Crippen molar-refractivity contribution in [3.05, 3.63) is 63.6 Å². The Morgan fingerprint density at radius 2 is 1.65 bits per heavy atom. The van der Waals surface area contributed by atoms with Crippen LogP contribution in [0.2, 0.25) is 10.0 Å². The van der Waals surface area contributed by atoms with Gasteiger partial charge in [-0.15, -0.1) is 0 Å². The van der Waals surface area contributed by atoms with Crippen molar-refractivity contribution >= 4 is 40.8 Å². The summed E-state index contributed by atoms with van der Waals surface area (Å²) in [6.07, 6.45) is 0. The van der Waals surface area contributed by atoms with Crippen molar-refractivity contribution in [2.24, 2.45) is 0 Å². The summed E-state index contributed by atoms with van der Waals surface area (Å²) < 4.78 is 0. The number of carboxylic acid groups (broad SMARTS) is 1. The van der Waals surface area contributed by atoms with Crippen LogP contribution in [0, 0.1) is 0 Å². The number of carbonyl (C=O) groups is 2. The summed E-state index contributed by atoms with van der Waals surface area (Å²) >= 11 is 11.8. The lowest BCUT2D eigenvalue weighted by Crippen LogP contribution is -2.12. The SMILES string of the molecule is O=C(O)c1cc(Cl)c(Cl)c(NC(=O)c2ccccc2)c1. The molecule has 0 saturated heterocycles. The number of hydrogen-bond donors (Lipinski definition) is 2. The van der Waals surface area contributed by atoms with E-state index in [9.17, 15) is 9.59 Å². The first-order chi connectivity index (χ1) is 9.49. The van der Waals surface area contributed by atoms with E-state index < -0.39 is 11.9 Å². The second kappa shape index (κ2) is 5.94. The molecule has 0 fully saturated rings. The van der Waals surface area contributed by atoms with Crippen molar-refractivity contribution in [3.8, 4) is 0 Å². The van der Waals surface area contributed by atoms with E-state index in [-0.39, 0.29) is 21.3 Å². The van der Waals surface area contributed by atoms with E-state index in [0.29, 0.717) is 5.56 Å². The van der Waals surface area contributed by atoms with Crippen LogP contribution in [0.15, 0.2) is 42.5 Å². The van der Waals surface area contributed by atoms with Gasteiger partial charge >= 0.3 is 5.97 Å². The highest BCUT2D eigenvalue weighted by Crippen LogP contribution is 2.32. The van der Waals surface area contributed by atoms with E-state index in [1.165, 1.54) is 12.1 Å². The number of carboxylic acids is 1. The minimum Gasteiger partial charge on any atom is -0.478 e. The van der Waals surface area contributed by atoms with Gasteiger partial charge in [-0.05, 0) is 24.3 Å². The molecule has 0 heterocycles. The van der Waals surface area contributed by atoms with Crippen molar-refractivity contribution in [2.45, 2.75) is 0 Å². The quantitative estimate of drug-likeness (QED) is 0.902. The Morgan fingerprint density at radius 3 is 2.25 bits per heavy atom. The molecule has 2 rings (SSSR count). The lowest BCUT2D eigenvalue weighted by Gasteiger charge is -2.09. The maximum Gasteiger partial charge on any atom is 0.335 e. The number of anilines is 1. The monoisotopic (exact) mass is 309 g/mol. The summed E-state index contributed by atoms with van der Waals surface area (Å²) in [5.41, 5.74) is 0.536. The first kappa shape index (κ1) is 14.4. The normalized spacial score (nSPS) is 10.1. The van der Waals surface area contributed by atoms with E-state index in [4.69, 9.17) is 28.3 Å². The van der Waals surface area contributed by atoms with E-state index in [0.717, 1.165) is 0 Å². The van der Waals surface area contributed by atoms with Gasteiger partial charge in [0.25, 0.3) is 5.91 Å². The molecule has 0 aliphatic carbocycles. The topological polar surface area (TPSA) is 66.4 Å². The number of hydrogen-bond acceptors (Lipinski definition) is 2. The van der Waals surface area contributed by atoms with Gasteiger partial charge in [-0.3, -0.25) is 4.79 Å². The van der Waals surface area contributed by atoms with E-state index in [1.807, 2.05) is 0 Å². The zero-order chi connectivity index (χ0) is 14.7. The molecule has 0 unspecified atom stereocenters. The van der Waals surface area contributed by atoms with Crippen LogP contribution < -0.4 is 5.32 Å². The molecule has 0 aromatic heterocycles. The molecule has 0 aliphatic rings. The molecule has 2 N–H and O–H groups in total. The van der Waals surface area contributed by atoms with Gasteiger partial charge in [-0.25, -0.2) is 4.79 Å². The third kappa shape index (κ3) is 3.10. The Balaban J connectivity index is 2.34. The first-order valence-electron chi connectivity index (χ1n) is 5.58. The summed E-state index contributed by atoms with van der Waals surface area (Å²) in [7, 11) is 0. The third-order valence-electron chi connectivity index (χ3n) is 2.56. The van der Waals surface area contributed by atoms with Crippen LogP contribution in [-0.4, -0.2) is 17.0 Å². The Hall–Kier alpha value is -2.04. The molecule has 0 aliphatic heterocycles. The summed E-state index contributed by atoms with van der Waals surface area (Å²) in [4.78, 5) is 23.0. The Bertz CT molecular complexity index is 672. The van der Waals surface area contributed by atoms with Gasteiger partial charge in [0.1, 0.15) is 0 Å². The van der Waals surface area contributed by atoms with Crippen LogP contribution in [0.3, 0.4) is 0 Å². The van der Waals surface area contributed by atoms with E-state index in [1.54, 1.807) is 30.3 Å². The van der Waals surface area contributed by atoms with Crippen molar-refractivity contribution < 1.29 is 14.7 Å². The number of carbonyl (C=O) groups excluding carboxylic acids is 1. The van der Waals surface area contributed by atoms with Crippen LogP contribution in [0.4, 0.5) is 5.69 Å². The predicted molar refractivity (Wildman–Crippen MR) is 77.8 cm³/mol. The predicted octanol–water partition coefficient (Wildman–Crippen LogP) is 3.94. The smallest absolute Gasteiger partial charge is 0.335 e. The molecule has 102 valence electrons. The maximum atomic E-state index is 12.0. The highest BCUT2D eigenvalue weighted by Gasteiger charge is 2.14. The minimum atomic E-state index is -1.15. The largest absolute Gasteiger partial charge is 0.478 e. The fraction of sp³-hybridized carbons (Fsp3) is 0. The molecule has 2 aromatic carbocycles. The molecule has 2 aromatic rings. The molecule has 0 bridgehead atoms. The number of benzene rings is 2. The van der Waals surface area contributed by atoms with Crippen molar-refractivity contribution in [2.75, 3.05) is 5.32 Å². The average molecular weight is 310 g/mol. The van der Waals surface area contributed by atoms with Crippen LogP contribution in [-0.2, 0) is 0 Å². The molecule has 20 heavy (non-hydrogen) atoms. The fourth-order valence-corrected chi connectivity index (χ4v) is 1.96. The maximum absolute atomic E-state index is 12.0. The highest BCUT2D eigenvalue weighted by atomic mass is 35.5. The van der Waals surface area contributed by atoms with Gasteiger partial charge < -0.3 is 10.4 Å². The lowest BCUT2D eigenvalue weighted by atomic mass is 10.1. The highest BCUT2D eigenvalue weighted by molar-refractivity contribution is 6.44. The number of aromatic carboxylic acids is 1. The molecular formula is C14H9Cl2NO3. The standard InChI is InChI=1S/C14H9Cl2NO3/c15-10-6-9(14(19)20)7-11(12(10)16)17-13(18)8-4-2-1-3-5-8/h1-7H,(H,17,18)(H,19,20). The van der Waals surface area contributed by atoms with Crippen molar-refractivity contribution in [1.82, 2.24) is 0 Å². The summed E-state index contributed by atoms with van der Waals surface area (Å²) in [6, 6.07) is 11.0. The summed E-state index contributed by atoms with van der Waals surface area (Å²) in [5, 5.41) is 11.7. The first-order valence-corrected chi connectivity index (χ1v) is 6.33. The summed E-state index contributed by atoms with van der Waals surface area (Å²) in [6.45, 7) is 0. The molecule has 4 nitrogen and oxygen atoms in total. The molecular weight excluding hydrogens is 301 g/mol. The molecule has 1 amide bonds. The third-order valence-corrected chi connectivity index (χ3v) is 3.36. The van der Waals surface area contributed by atoms with E-state index in [2.05, 4.69) is 5.32 Å². The number of rotatable bonds is 3. The van der Waals surface area contributed by atoms with Crippen molar-refractivity contribution in [3.63, 3.8) is 0 Å². The Kier molecular flexibility index (Phi) is 4.27. The van der Waals surface area contributed by atoms with Crippen LogP contribution >= 0.6 is 23.2 Å². The zero-order valence-electron chi connectivity index (χ0n) is 10.1. The molecule has 0 spiro atoms. The minimum absolute atomic E-state index is 0.0530. The van der Waals surface area contributed by atoms with E-state index >= 15 is 0 Å². The number of nitrogens with one attached hydrogen (secondary N) is 1. The van der Waals surface area contributed by atoms with Gasteiger partial charge in [0.05, 0.1) is 21.3 Å². The van der Waals surface area contributed by atoms with Gasteiger partial charge in [0.2, 0.25) is 0 Å². The van der Waals surface area contributed by atoms with Crippen LogP contribution in [0.25, 0.3) is 0 Å². The van der Waals surface area contributed by atoms with Gasteiger partial charge in [-0.2, -0.15) is 0 Å². The van der Waals surface area contributed by atoms with Gasteiger partial charge in [0, 0.05) is 5.56 Å². The second-order valence-corrected chi connectivity index (χ2v) is 4.73. The van der Waals surface area contributed by atoms with Crippen LogP contribution in [0.5, 0.6) is 0 Å². The molecule has 6 heteroatoms. The van der Waals surface area contributed by atoms with Crippen LogP contribution in [0.1, 0.15) is 20.7 Å². The Labute approximate surface area is 124 Å². The van der Waals surface area contributed by atoms with Gasteiger partial charge in [-0.1, -0.05) is 41.4 Å². The van der Waals surface area contributed by atoms with Gasteiger partial charge in [0.15, 0.2) is 0 Å². The number of amides is 1. The zero-order valence-corrected chi connectivity index (χ0v) is 11.6. The average Bonchev–Trinajstić information content (AvgIpc) is 2.44. The second-order valence-electron chi connectivity index (χ2n) is 3.94.